The van der Waals surface area contributed by atoms with E-state index in [4.69, 9.17) is 4.98 Å². The van der Waals surface area contributed by atoms with Crippen molar-refractivity contribution in [2.75, 3.05) is 18.4 Å². The molecule has 10 heteroatoms. The maximum atomic E-state index is 13.5. The van der Waals surface area contributed by atoms with Gasteiger partial charge in [0.1, 0.15) is 10.0 Å². The number of hydrogen-bond donors (Lipinski definition) is 2. The lowest BCUT2D eigenvalue weighted by Gasteiger charge is -2.42. The molecule has 3 heterocycles. The van der Waals surface area contributed by atoms with Gasteiger partial charge < -0.3 is 10.6 Å². The quantitative estimate of drug-likeness (QED) is 0.261. The fourth-order valence-electron chi connectivity index (χ4n) is 5.49. The van der Waals surface area contributed by atoms with Gasteiger partial charge >= 0.3 is 0 Å². The minimum absolute atomic E-state index is 0.129. The number of hydrogen-bond acceptors (Lipinski definition) is 7. The Morgan fingerprint density at radius 3 is 2.33 bits per heavy atom. The Hall–Kier alpha value is -2.63. The summed E-state index contributed by atoms with van der Waals surface area (Å²) in [7, 11) is -3.59. The highest BCUT2D eigenvalue weighted by atomic mass is 32.2. The average molecular weight is 583 g/mol. The minimum atomic E-state index is -3.59. The smallest absolute Gasteiger partial charge is 0.256 e. The number of benzene rings is 2. The number of thiazole rings is 1. The molecule has 39 heavy (non-hydrogen) atoms. The largest absolute Gasteiger partial charge is 0.313 e. The molecule has 1 aliphatic heterocycles. The number of carbonyl (C=O) groups is 1. The molecule has 4 aromatic rings. The zero-order valence-electron chi connectivity index (χ0n) is 23.1. The summed E-state index contributed by atoms with van der Waals surface area (Å²) in [5.74, 6) is -0.284. The predicted octanol–water partition coefficient (Wildman–Crippen LogP) is 6.47. The Labute approximate surface area is 238 Å². The molecule has 7 nitrogen and oxygen atoms in total. The molecule has 2 aromatic heterocycles. The van der Waals surface area contributed by atoms with Gasteiger partial charge in [-0.15, -0.1) is 22.7 Å². The first-order valence-corrected chi connectivity index (χ1v) is 16.2. The summed E-state index contributed by atoms with van der Waals surface area (Å²) in [5, 5.41) is 8.55. The Balaban J connectivity index is 1.55. The van der Waals surface area contributed by atoms with Gasteiger partial charge in [0.25, 0.3) is 5.91 Å². The summed E-state index contributed by atoms with van der Waals surface area (Å²) in [6.07, 6.45) is 0.807. The molecule has 206 valence electrons. The van der Waals surface area contributed by atoms with Crippen LogP contribution in [0.15, 0.2) is 53.4 Å². The van der Waals surface area contributed by atoms with Gasteiger partial charge in [0.2, 0.25) is 10.0 Å². The third-order valence-electron chi connectivity index (χ3n) is 7.04. The number of sulfonamides is 1. The van der Waals surface area contributed by atoms with E-state index in [1.807, 2.05) is 32.0 Å². The average Bonchev–Trinajstić information content (AvgIpc) is 3.44. The summed E-state index contributed by atoms with van der Waals surface area (Å²) in [5.41, 5.74) is 3.12. The summed E-state index contributed by atoms with van der Waals surface area (Å²) < 4.78 is 28.3. The first kappa shape index (κ1) is 27.9. The SMILES string of the molecule is CCN(CC)S(=O)(=O)c1ccc(C(=O)Nc2sc3c(c2-c2nc4ccccc4s2)CC(C)(C)NC3(C)C)cc1. The Morgan fingerprint density at radius 1 is 1.03 bits per heavy atom. The Kier molecular flexibility index (Phi) is 7.22. The van der Waals surface area contributed by atoms with Crippen molar-refractivity contribution in [1.82, 2.24) is 14.6 Å². The van der Waals surface area contributed by atoms with Crippen LogP contribution in [0, 0.1) is 0 Å². The molecule has 1 amide bonds. The third kappa shape index (κ3) is 5.16. The number of amides is 1. The molecule has 0 fully saturated rings. The van der Waals surface area contributed by atoms with Gasteiger partial charge in [-0.05, 0) is 76.1 Å². The second-order valence-electron chi connectivity index (χ2n) is 11.0. The second-order valence-corrected chi connectivity index (χ2v) is 15.0. The van der Waals surface area contributed by atoms with Crippen LogP contribution >= 0.6 is 22.7 Å². The monoisotopic (exact) mass is 582 g/mol. The fraction of sp³-hybridized carbons (Fsp3) is 0.379. The van der Waals surface area contributed by atoms with Crippen LogP contribution in [-0.4, -0.2) is 42.2 Å². The van der Waals surface area contributed by atoms with E-state index in [0.717, 1.165) is 32.2 Å². The first-order valence-electron chi connectivity index (χ1n) is 13.1. The molecular weight excluding hydrogens is 549 g/mol. The highest BCUT2D eigenvalue weighted by Crippen LogP contribution is 2.50. The van der Waals surface area contributed by atoms with Crippen LogP contribution in [0.3, 0.4) is 0 Å². The van der Waals surface area contributed by atoms with E-state index in [9.17, 15) is 13.2 Å². The van der Waals surface area contributed by atoms with Crippen molar-refractivity contribution in [1.29, 1.82) is 0 Å². The molecule has 0 saturated carbocycles. The number of rotatable bonds is 7. The standard InChI is InChI=1S/C29H34N4O3S3/c1-7-33(8-2)39(35,36)19-15-13-18(14-16-19)25(34)31-27-23(26-30-21-11-9-10-12-22(21)37-26)20-17-28(3,4)32-29(5,6)24(20)38-27/h9-16,32H,7-8,17H2,1-6H3,(H,31,34). The number of aromatic nitrogens is 1. The van der Waals surface area contributed by atoms with Crippen molar-refractivity contribution in [3.8, 4) is 10.6 Å². The van der Waals surface area contributed by atoms with Crippen molar-refractivity contribution < 1.29 is 13.2 Å². The van der Waals surface area contributed by atoms with Crippen molar-refractivity contribution in [2.24, 2.45) is 0 Å². The number of nitrogens with one attached hydrogen (secondary N) is 2. The van der Waals surface area contributed by atoms with Gasteiger partial charge in [0.15, 0.2) is 0 Å². The molecule has 2 N–H and O–H groups in total. The van der Waals surface area contributed by atoms with Crippen molar-refractivity contribution >= 4 is 53.8 Å². The molecule has 0 saturated heterocycles. The zero-order chi connectivity index (χ0) is 28.2. The topological polar surface area (TPSA) is 91.4 Å². The molecular formula is C29H34N4O3S3. The molecule has 1 aliphatic rings. The number of nitrogens with zero attached hydrogens (tertiary/aromatic N) is 2. The molecule has 2 aromatic carbocycles. The van der Waals surface area contributed by atoms with E-state index in [0.29, 0.717) is 18.7 Å². The highest BCUT2D eigenvalue weighted by molar-refractivity contribution is 7.89. The highest BCUT2D eigenvalue weighted by Gasteiger charge is 2.41. The molecule has 0 unspecified atom stereocenters. The Bertz CT molecular complexity index is 1610. The van der Waals surface area contributed by atoms with Crippen LogP contribution in [0.1, 0.15) is 62.3 Å². The fourth-order valence-corrected chi connectivity index (χ4v) is 9.33. The lowest BCUT2D eigenvalue weighted by Crippen LogP contribution is -2.54. The van der Waals surface area contributed by atoms with Crippen LogP contribution in [0.5, 0.6) is 0 Å². The lowest BCUT2D eigenvalue weighted by molar-refractivity contribution is 0.102. The molecule has 5 rings (SSSR count). The van der Waals surface area contributed by atoms with Crippen LogP contribution < -0.4 is 10.6 Å². The Morgan fingerprint density at radius 2 is 1.69 bits per heavy atom. The number of carbonyl (C=O) groups excluding carboxylic acids is 1. The van der Waals surface area contributed by atoms with Gasteiger partial charge in [-0.25, -0.2) is 13.4 Å². The van der Waals surface area contributed by atoms with Gasteiger partial charge in [-0.1, -0.05) is 26.0 Å². The van der Waals surface area contributed by atoms with Crippen molar-refractivity contribution in [3.05, 3.63) is 64.5 Å². The maximum absolute atomic E-state index is 13.5. The summed E-state index contributed by atoms with van der Waals surface area (Å²) in [6, 6.07) is 14.2. The van der Waals surface area contributed by atoms with Crippen LogP contribution in [-0.2, 0) is 22.0 Å². The van der Waals surface area contributed by atoms with Crippen molar-refractivity contribution in [2.45, 2.75) is 63.9 Å². The number of anilines is 1. The molecule has 0 spiro atoms. The zero-order valence-corrected chi connectivity index (χ0v) is 25.5. The van der Waals surface area contributed by atoms with E-state index in [1.165, 1.54) is 26.9 Å². The molecule has 0 atom stereocenters. The van der Waals surface area contributed by atoms with Crippen LogP contribution in [0.4, 0.5) is 5.00 Å². The third-order valence-corrected chi connectivity index (χ3v) is 11.6. The second kappa shape index (κ2) is 10.1. The minimum Gasteiger partial charge on any atom is -0.313 e. The molecule has 0 radical (unpaired) electrons. The summed E-state index contributed by atoms with van der Waals surface area (Å²) in [6.45, 7) is 13.1. The predicted molar refractivity (Wildman–Crippen MR) is 161 cm³/mol. The van der Waals surface area contributed by atoms with Crippen LogP contribution in [0.25, 0.3) is 20.8 Å². The van der Waals surface area contributed by atoms with Crippen molar-refractivity contribution in [3.63, 3.8) is 0 Å². The summed E-state index contributed by atoms with van der Waals surface area (Å²) in [4.78, 5) is 19.8. The van der Waals surface area contributed by atoms with E-state index >= 15 is 0 Å². The van der Waals surface area contributed by atoms with Gasteiger partial charge in [-0.3, -0.25) is 4.79 Å². The molecule has 0 aliphatic carbocycles. The number of fused-ring (bicyclic) bond motifs is 2. The maximum Gasteiger partial charge on any atom is 0.256 e. The molecule has 0 bridgehead atoms. The number of thiophene rings is 1. The van der Waals surface area contributed by atoms with E-state index in [1.54, 1.807) is 34.8 Å². The first-order chi connectivity index (χ1) is 18.4. The van der Waals surface area contributed by atoms with E-state index in [-0.39, 0.29) is 21.9 Å². The van der Waals surface area contributed by atoms with Gasteiger partial charge in [-0.2, -0.15) is 4.31 Å². The number of para-hydroxylation sites is 1. The lowest BCUT2D eigenvalue weighted by atomic mass is 9.81. The normalized spacial score (nSPS) is 16.4. The van der Waals surface area contributed by atoms with E-state index in [2.05, 4.69) is 44.4 Å². The van der Waals surface area contributed by atoms with E-state index < -0.39 is 10.0 Å². The summed E-state index contributed by atoms with van der Waals surface area (Å²) >= 11 is 3.21. The van der Waals surface area contributed by atoms with Gasteiger partial charge in [0, 0.05) is 40.2 Å². The van der Waals surface area contributed by atoms with Crippen LogP contribution in [0.2, 0.25) is 0 Å². The van der Waals surface area contributed by atoms with Gasteiger partial charge in [0.05, 0.1) is 15.1 Å².